The number of imide groups is 1. The molecule has 6 unspecified atom stereocenters. The fraction of sp³-hybridized carbons (Fsp3) is 0.737. The summed E-state index contributed by atoms with van der Waals surface area (Å²) in [6.07, 6.45) is 7.18. The van der Waals surface area contributed by atoms with E-state index in [4.69, 9.17) is 0 Å². The minimum Gasteiger partial charge on any atom is -0.357 e. The summed E-state index contributed by atoms with van der Waals surface area (Å²) in [5.41, 5.74) is 0. The third kappa shape index (κ3) is 3.51. The molecule has 1 saturated heterocycles. The van der Waals surface area contributed by atoms with Gasteiger partial charge in [0.05, 0.1) is 11.8 Å². The number of carbonyl (C=O) groups excluding carboxylic acids is 2. The molecule has 3 fully saturated rings. The van der Waals surface area contributed by atoms with E-state index in [-0.39, 0.29) is 47.6 Å². The number of nitrogens with one attached hydrogen (secondary N) is 2. The molecular formula is C19H29IN4O2. The van der Waals surface area contributed by atoms with Gasteiger partial charge in [0.2, 0.25) is 11.8 Å². The van der Waals surface area contributed by atoms with Crippen molar-refractivity contribution in [2.75, 3.05) is 19.6 Å². The lowest BCUT2D eigenvalue weighted by Gasteiger charge is -2.17. The molecule has 1 aliphatic heterocycles. The second-order valence-corrected chi connectivity index (χ2v) is 7.91. The van der Waals surface area contributed by atoms with Crippen molar-refractivity contribution in [3.8, 4) is 0 Å². The first kappa shape index (κ1) is 19.6. The van der Waals surface area contributed by atoms with E-state index in [1.165, 1.54) is 11.3 Å². The summed E-state index contributed by atoms with van der Waals surface area (Å²) in [4.78, 5) is 31.3. The van der Waals surface area contributed by atoms with Crippen LogP contribution in [0.3, 0.4) is 0 Å². The Balaban J connectivity index is 0.00000196. The molecule has 0 radical (unpaired) electrons. The highest BCUT2D eigenvalue weighted by atomic mass is 127. The van der Waals surface area contributed by atoms with Crippen LogP contribution in [0.2, 0.25) is 0 Å². The summed E-state index contributed by atoms with van der Waals surface area (Å²) in [6.45, 7) is 6.22. The summed E-state index contributed by atoms with van der Waals surface area (Å²) in [7, 11) is 0. The SMILES string of the molecule is CCNC(=NCCCN1C(=O)C2C3C=CC(C3)C2C1=O)NC1CC1C.I. The fourth-order valence-corrected chi connectivity index (χ4v) is 4.62. The minimum atomic E-state index is -0.0821. The molecule has 0 aromatic rings. The Hall–Kier alpha value is -1.12. The largest absolute Gasteiger partial charge is 0.357 e. The highest BCUT2D eigenvalue weighted by Gasteiger charge is 2.58. The van der Waals surface area contributed by atoms with Crippen LogP contribution in [0.25, 0.3) is 0 Å². The van der Waals surface area contributed by atoms with Crippen LogP contribution in [0.15, 0.2) is 17.1 Å². The van der Waals surface area contributed by atoms with E-state index in [1.54, 1.807) is 0 Å². The number of guanidine groups is 1. The fourth-order valence-electron chi connectivity index (χ4n) is 4.62. The molecule has 1 heterocycles. The van der Waals surface area contributed by atoms with Gasteiger partial charge < -0.3 is 10.6 Å². The van der Waals surface area contributed by atoms with Gasteiger partial charge in [0.15, 0.2) is 5.96 Å². The Labute approximate surface area is 172 Å². The van der Waals surface area contributed by atoms with Gasteiger partial charge in [-0.15, -0.1) is 24.0 Å². The Morgan fingerprint density at radius 3 is 2.35 bits per heavy atom. The van der Waals surface area contributed by atoms with E-state index >= 15 is 0 Å². The number of rotatable bonds is 6. The van der Waals surface area contributed by atoms with Gasteiger partial charge in [-0.3, -0.25) is 19.5 Å². The number of carbonyl (C=O) groups is 2. The molecule has 4 rings (SSSR count). The lowest BCUT2D eigenvalue weighted by Crippen LogP contribution is -2.39. The second kappa shape index (κ2) is 7.86. The third-order valence-corrected chi connectivity index (χ3v) is 6.15. The second-order valence-electron chi connectivity index (χ2n) is 7.91. The van der Waals surface area contributed by atoms with Crippen molar-refractivity contribution < 1.29 is 9.59 Å². The molecule has 0 aromatic heterocycles. The highest BCUT2D eigenvalue weighted by molar-refractivity contribution is 14.0. The Bertz CT molecular complexity index is 605. The van der Waals surface area contributed by atoms with Crippen LogP contribution in [-0.2, 0) is 9.59 Å². The molecule has 0 aromatic carbocycles. The minimum absolute atomic E-state index is 0. The topological polar surface area (TPSA) is 73.8 Å². The first-order chi connectivity index (χ1) is 12.1. The standard InChI is InChI=1S/C19H28N4O2.HI/c1-3-20-19(22-14-9-11(14)2)21-7-4-8-23-17(24)15-12-5-6-13(10-12)16(15)18(23)25;/h5-6,11-16H,3-4,7-10H2,1-2H3,(H2,20,21,22);1H. The van der Waals surface area contributed by atoms with Crippen LogP contribution < -0.4 is 10.6 Å². The van der Waals surface area contributed by atoms with E-state index in [1.807, 2.05) is 0 Å². The van der Waals surface area contributed by atoms with E-state index in [0.717, 1.165) is 25.3 Å². The highest BCUT2D eigenvalue weighted by Crippen LogP contribution is 2.52. The maximum Gasteiger partial charge on any atom is 0.233 e. The van der Waals surface area contributed by atoms with E-state index in [0.29, 0.717) is 36.9 Å². The summed E-state index contributed by atoms with van der Waals surface area (Å²) >= 11 is 0. The average molecular weight is 472 g/mol. The van der Waals surface area contributed by atoms with Crippen LogP contribution in [0, 0.1) is 29.6 Å². The predicted molar refractivity (Wildman–Crippen MR) is 111 cm³/mol. The number of hydrogen-bond acceptors (Lipinski definition) is 3. The van der Waals surface area contributed by atoms with Gasteiger partial charge in [-0.05, 0) is 43.9 Å². The van der Waals surface area contributed by atoms with Crippen LogP contribution in [0.1, 0.15) is 33.1 Å². The van der Waals surface area contributed by atoms with Gasteiger partial charge in [0, 0.05) is 25.7 Å². The summed E-state index contributed by atoms with van der Waals surface area (Å²) in [5.74, 6) is 2.07. The predicted octanol–water partition coefficient (Wildman–Crippen LogP) is 1.77. The van der Waals surface area contributed by atoms with Crippen LogP contribution in [0.5, 0.6) is 0 Å². The van der Waals surface area contributed by atoms with Gasteiger partial charge in [-0.25, -0.2) is 0 Å². The zero-order valence-corrected chi connectivity index (χ0v) is 17.8. The lowest BCUT2D eigenvalue weighted by atomic mass is 9.85. The van der Waals surface area contributed by atoms with Crippen molar-refractivity contribution in [1.29, 1.82) is 0 Å². The van der Waals surface area contributed by atoms with Crippen molar-refractivity contribution in [2.24, 2.45) is 34.6 Å². The van der Waals surface area contributed by atoms with Gasteiger partial charge in [-0.1, -0.05) is 19.1 Å². The zero-order chi connectivity index (χ0) is 17.6. The van der Waals surface area contributed by atoms with Crippen molar-refractivity contribution in [1.82, 2.24) is 15.5 Å². The molecule has 7 heteroatoms. The van der Waals surface area contributed by atoms with E-state index in [9.17, 15) is 9.59 Å². The quantitative estimate of drug-likeness (QED) is 0.154. The first-order valence-electron chi connectivity index (χ1n) is 9.68. The number of amides is 2. The molecule has 4 aliphatic rings. The van der Waals surface area contributed by atoms with Gasteiger partial charge in [-0.2, -0.15) is 0 Å². The number of hydrogen-bond donors (Lipinski definition) is 2. The van der Waals surface area contributed by atoms with Crippen LogP contribution in [-0.4, -0.2) is 48.3 Å². The van der Waals surface area contributed by atoms with Crippen molar-refractivity contribution >= 4 is 41.8 Å². The Morgan fingerprint density at radius 2 is 1.81 bits per heavy atom. The maximum absolute atomic E-state index is 12.6. The molecule has 2 saturated carbocycles. The number of aliphatic imine (C=N–C) groups is 1. The zero-order valence-electron chi connectivity index (χ0n) is 15.5. The summed E-state index contributed by atoms with van der Waals surface area (Å²) in [6, 6.07) is 0.530. The normalized spacial score (nSPS) is 37.0. The van der Waals surface area contributed by atoms with E-state index < -0.39 is 0 Å². The van der Waals surface area contributed by atoms with Crippen molar-refractivity contribution in [3.63, 3.8) is 0 Å². The van der Waals surface area contributed by atoms with Crippen LogP contribution >= 0.6 is 24.0 Å². The monoisotopic (exact) mass is 472 g/mol. The number of likely N-dealkylation sites (tertiary alicyclic amines) is 1. The average Bonchev–Trinajstić information content (AvgIpc) is 2.95. The molecular weight excluding hydrogens is 443 g/mol. The van der Waals surface area contributed by atoms with E-state index in [2.05, 4.69) is 41.6 Å². The molecule has 2 amide bonds. The van der Waals surface area contributed by atoms with Gasteiger partial charge in [0.1, 0.15) is 0 Å². The molecule has 0 spiro atoms. The summed E-state index contributed by atoms with van der Waals surface area (Å²) in [5, 5.41) is 6.68. The number of nitrogens with zero attached hydrogens (tertiary/aromatic N) is 2. The third-order valence-electron chi connectivity index (χ3n) is 6.15. The van der Waals surface area contributed by atoms with Gasteiger partial charge in [0.25, 0.3) is 0 Å². The van der Waals surface area contributed by atoms with Gasteiger partial charge >= 0.3 is 0 Å². The van der Waals surface area contributed by atoms with Crippen molar-refractivity contribution in [2.45, 2.75) is 39.2 Å². The molecule has 2 N–H and O–H groups in total. The molecule has 2 bridgehead atoms. The maximum atomic E-state index is 12.6. The molecule has 6 nitrogen and oxygen atoms in total. The molecule has 26 heavy (non-hydrogen) atoms. The number of allylic oxidation sites excluding steroid dienone is 2. The lowest BCUT2D eigenvalue weighted by molar-refractivity contribution is -0.140. The van der Waals surface area contributed by atoms with Crippen molar-refractivity contribution in [3.05, 3.63) is 12.2 Å². The number of halogens is 1. The molecule has 3 aliphatic carbocycles. The smallest absolute Gasteiger partial charge is 0.233 e. The summed E-state index contributed by atoms with van der Waals surface area (Å²) < 4.78 is 0. The van der Waals surface area contributed by atoms with Crippen LogP contribution in [0.4, 0.5) is 0 Å². The number of fused-ring (bicyclic) bond motifs is 5. The molecule has 6 atom stereocenters. The Morgan fingerprint density at radius 1 is 1.19 bits per heavy atom. The first-order valence-corrected chi connectivity index (χ1v) is 9.68. The Kier molecular flexibility index (Phi) is 5.94. The molecule has 144 valence electrons.